The molecule has 0 aliphatic heterocycles. The van der Waals surface area contributed by atoms with Crippen LogP contribution >= 0.6 is 0 Å². The van der Waals surface area contributed by atoms with Crippen LogP contribution in [0.4, 0.5) is 17.6 Å². The van der Waals surface area contributed by atoms with Crippen molar-refractivity contribution in [2.24, 2.45) is 0 Å². The normalized spacial score (nSPS) is 11.3. The van der Waals surface area contributed by atoms with E-state index in [1.807, 2.05) is 19.6 Å². The van der Waals surface area contributed by atoms with Gasteiger partial charge in [-0.1, -0.05) is 25.6 Å². The highest BCUT2D eigenvalue weighted by molar-refractivity contribution is 6.83. The maximum atomic E-state index is 13.0. The van der Waals surface area contributed by atoms with Gasteiger partial charge in [-0.3, -0.25) is 0 Å². The van der Waals surface area contributed by atoms with Crippen LogP contribution in [-0.2, 0) is 0 Å². The minimum absolute atomic E-state index is 0.138. The molecule has 0 saturated heterocycles. The lowest BCUT2D eigenvalue weighted by Crippen LogP contribution is -2.16. The molecule has 0 N–H and O–H groups in total. The molecule has 0 bridgehead atoms. The van der Waals surface area contributed by atoms with Crippen LogP contribution in [0.1, 0.15) is 17.6 Å². The first-order valence-corrected chi connectivity index (χ1v) is 8.51. The zero-order chi connectivity index (χ0) is 13.2. The Balaban J connectivity index is 3.30. The summed E-state index contributed by atoms with van der Waals surface area (Å²) in [4.78, 5) is 0. The molecule has 0 heterocycles. The van der Waals surface area contributed by atoms with Gasteiger partial charge in [-0.2, -0.15) is 0 Å². The number of benzene rings is 1. The van der Waals surface area contributed by atoms with Crippen molar-refractivity contribution in [3.8, 4) is 11.5 Å². The zero-order valence-corrected chi connectivity index (χ0v) is 10.7. The smallest absolute Gasteiger partial charge is 0.205 e. The number of hydrogen-bond acceptors (Lipinski definition) is 0. The summed E-state index contributed by atoms with van der Waals surface area (Å²) in [5, 5.41) is 0. The molecule has 0 radical (unpaired) electrons. The summed E-state index contributed by atoms with van der Waals surface area (Å²) in [7, 11) is -1.75. The van der Waals surface area contributed by atoms with Gasteiger partial charge in [0.15, 0.2) is 11.6 Å². The van der Waals surface area contributed by atoms with Crippen LogP contribution in [0.2, 0.25) is 19.6 Å². The predicted octanol–water partition coefficient (Wildman–Crippen LogP) is 4.13. The van der Waals surface area contributed by atoms with Crippen molar-refractivity contribution >= 4 is 8.07 Å². The van der Waals surface area contributed by atoms with Gasteiger partial charge in [0.2, 0.25) is 0 Å². The molecular weight excluding hydrogens is 248 g/mol. The van der Waals surface area contributed by atoms with Crippen molar-refractivity contribution < 1.29 is 17.6 Å². The fourth-order valence-electron chi connectivity index (χ4n) is 1.11. The van der Waals surface area contributed by atoms with Crippen molar-refractivity contribution in [1.82, 2.24) is 0 Å². The van der Waals surface area contributed by atoms with Crippen LogP contribution in [0.25, 0.3) is 0 Å². The number of rotatable bonds is 1. The Morgan fingerprint density at radius 3 is 2.06 bits per heavy atom. The van der Waals surface area contributed by atoms with Crippen LogP contribution < -0.4 is 0 Å². The molecule has 92 valence electrons. The van der Waals surface area contributed by atoms with Gasteiger partial charge >= 0.3 is 0 Å². The van der Waals surface area contributed by atoms with Gasteiger partial charge in [-0.15, -0.1) is 5.54 Å². The Hall–Kier alpha value is -1.28. The van der Waals surface area contributed by atoms with Crippen molar-refractivity contribution in [2.75, 3.05) is 0 Å². The third kappa shape index (κ3) is 3.90. The summed E-state index contributed by atoms with van der Waals surface area (Å²) < 4.78 is 51.0. The van der Waals surface area contributed by atoms with Crippen molar-refractivity contribution in [2.45, 2.75) is 26.1 Å². The molecule has 0 aliphatic carbocycles. The van der Waals surface area contributed by atoms with E-state index in [2.05, 4.69) is 11.5 Å². The Morgan fingerprint density at radius 1 is 1.06 bits per heavy atom. The molecule has 0 aliphatic rings. The van der Waals surface area contributed by atoms with E-state index in [0.29, 0.717) is 6.07 Å². The number of halogens is 4. The van der Waals surface area contributed by atoms with Crippen LogP contribution in [-0.4, -0.2) is 8.07 Å². The standard InChI is InChI=1S/C12H12F4Si/c1-17(2,3)5-4-8-6-10(13)11(14)7-9(8)12(15)16/h6-7,12H,1-3H3. The topological polar surface area (TPSA) is 0 Å². The Bertz CT molecular complexity index is 478. The monoisotopic (exact) mass is 260 g/mol. The first kappa shape index (κ1) is 13.8. The molecule has 1 rings (SSSR count). The molecule has 0 amide bonds. The largest absolute Gasteiger partial charge is 0.265 e. The first-order chi connectivity index (χ1) is 7.70. The Morgan fingerprint density at radius 2 is 1.59 bits per heavy atom. The summed E-state index contributed by atoms with van der Waals surface area (Å²) in [5.74, 6) is 0.0907. The molecule has 5 heteroatoms. The van der Waals surface area contributed by atoms with Crippen molar-refractivity contribution in [3.63, 3.8) is 0 Å². The SMILES string of the molecule is C[Si](C)(C)C#Cc1cc(F)c(F)cc1C(F)F. The summed E-state index contributed by atoms with van der Waals surface area (Å²) in [6, 6.07) is 1.23. The molecule has 0 aromatic heterocycles. The highest BCUT2D eigenvalue weighted by Gasteiger charge is 2.16. The van der Waals surface area contributed by atoms with E-state index in [0.717, 1.165) is 6.07 Å². The third-order valence-electron chi connectivity index (χ3n) is 1.90. The van der Waals surface area contributed by atoms with Crippen LogP contribution in [0.5, 0.6) is 0 Å². The highest BCUT2D eigenvalue weighted by atomic mass is 28.3. The van der Waals surface area contributed by atoms with Gasteiger partial charge in [0.25, 0.3) is 6.43 Å². The van der Waals surface area contributed by atoms with Crippen LogP contribution in [0, 0.1) is 23.1 Å². The Labute approximate surface area is 98.7 Å². The molecule has 0 nitrogen and oxygen atoms in total. The van der Waals surface area contributed by atoms with Crippen LogP contribution in [0.15, 0.2) is 12.1 Å². The van der Waals surface area contributed by atoms with Crippen molar-refractivity contribution in [3.05, 3.63) is 34.9 Å². The highest BCUT2D eigenvalue weighted by Crippen LogP contribution is 2.25. The van der Waals surface area contributed by atoms with E-state index in [1.165, 1.54) is 0 Å². The molecule has 0 unspecified atom stereocenters. The first-order valence-electron chi connectivity index (χ1n) is 5.01. The lowest BCUT2D eigenvalue weighted by Gasteiger charge is -2.07. The molecule has 0 spiro atoms. The van der Waals surface area contributed by atoms with E-state index < -0.39 is 31.7 Å². The van der Waals surface area contributed by atoms with Gasteiger partial charge in [-0.05, 0) is 12.1 Å². The number of alkyl halides is 2. The quantitative estimate of drug-likeness (QED) is 0.404. The van der Waals surface area contributed by atoms with Gasteiger partial charge < -0.3 is 0 Å². The summed E-state index contributed by atoms with van der Waals surface area (Å²) in [6.07, 6.45) is -2.86. The molecule has 17 heavy (non-hydrogen) atoms. The van der Waals surface area contributed by atoms with E-state index in [9.17, 15) is 17.6 Å². The van der Waals surface area contributed by atoms with Gasteiger partial charge in [0.1, 0.15) is 8.07 Å². The second-order valence-corrected chi connectivity index (χ2v) is 9.40. The fraction of sp³-hybridized carbons (Fsp3) is 0.333. The minimum Gasteiger partial charge on any atom is -0.205 e. The minimum atomic E-state index is -2.86. The average Bonchev–Trinajstić information content (AvgIpc) is 2.17. The molecule has 0 atom stereocenters. The summed E-state index contributed by atoms with van der Waals surface area (Å²) in [6.45, 7) is 5.80. The second-order valence-electron chi connectivity index (χ2n) is 4.65. The van der Waals surface area contributed by atoms with E-state index in [1.54, 1.807) is 0 Å². The van der Waals surface area contributed by atoms with Gasteiger partial charge in [0.05, 0.1) is 0 Å². The summed E-state index contributed by atoms with van der Waals surface area (Å²) >= 11 is 0. The lowest BCUT2D eigenvalue weighted by atomic mass is 10.1. The fourth-order valence-corrected chi connectivity index (χ4v) is 1.62. The predicted molar refractivity (Wildman–Crippen MR) is 61.5 cm³/mol. The maximum absolute atomic E-state index is 13.0. The van der Waals surface area contributed by atoms with Gasteiger partial charge in [-0.25, -0.2) is 17.6 Å². The molecule has 1 aromatic rings. The maximum Gasteiger partial charge on any atom is 0.265 e. The third-order valence-corrected chi connectivity index (χ3v) is 2.77. The number of hydrogen-bond donors (Lipinski definition) is 0. The van der Waals surface area contributed by atoms with Crippen LogP contribution in [0.3, 0.4) is 0 Å². The van der Waals surface area contributed by atoms with E-state index in [-0.39, 0.29) is 5.56 Å². The zero-order valence-electron chi connectivity index (χ0n) is 9.74. The molecule has 1 aromatic carbocycles. The molecular formula is C12H12F4Si. The lowest BCUT2D eigenvalue weighted by molar-refractivity contribution is 0.150. The second kappa shape index (κ2) is 4.92. The average molecular weight is 260 g/mol. The van der Waals surface area contributed by atoms with Gasteiger partial charge in [0, 0.05) is 11.1 Å². The van der Waals surface area contributed by atoms with Crippen molar-refractivity contribution in [1.29, 1.82) is 0 Å². The molecule has 0 fully saturated rings. The summed E-state index contributed by atoms with van der Waals surface area (Å²) in [5.41, 5.74) is 2.15. The van der Waals surface area contributed by atoms with E-state index >= 15 is 0 Å². The Kier molecular flexibility index (Phi) is 3.99. The van der Waals surface area contributed by atoms with E-state index in [4.69, 9.17) is 0 Å². The molecule has 0 saturated carbocycles.